The molecule has 1 amide bonds. The Morgan fingerprint density at radius 2 is 2.00 bits per heavy atom. The highest BCUT2D eigenvalue weighted by Gasteiger charge is 2.15. The lowest BCUT2D eigenvalue weighted by molar-refractivity contribution is 0.102. The van der Waals surface area contributed by atoms with E-state index in [1.807, 2.05) is 6.07 Å². The Morgan fingerprint density at radius 3 is 2.73 bits per heavy atom. The highest BCUT2D eigenvalue weighted by atomic mass is 35.5. The van der Waals surface area contributed by atoms with Crippen molar-refractivity contribution in [1.29, 1.82) is 0 Å². The van der Waals surface area contributed by atoms with Crippen LogP contribution in [0.5, 0.6) is 0 Å². The molecule has 0 bridgehead atoms. The first-order valence-electron chi connectivity index (χ1n) is 7.10. The summed E-state index contributed by atoms with van der Waals surface area (Å²) in [5.41, 5.74) is 1.86. The van der Waals surface area contributed by atoms with Crippen molar-refractivity contribution in [1.82, 2.24) is 4.98 Å². The molecule has 0 saturated carbocycles. The maximum Gasteiger partial charge on any atom is 0.257 e. The molecule has 1 saturated heterocycles. The van der Waals surface area contributed by atoms with E-state index in [-0.39, 0.29) is 10.9 Å². The molecule has 1 aliphatic heterocycles. The van der Waals surface area contributed by atoms with Gasteiger partial charge in [-0.1, -0.05) is 11.6 Å². The van der Waals surface area contributed by atoms with E-state index < -0.39 is 5.82 Å². The molecule has 114 valence electrons. The van der Waals surface area contributed by atoms with Crippen molar-refractivity contribution < 1.29 is 9.18 Å². The van der Waals surface area contributed by atoms with Gasteiger partial charge < -0.3 is 10.2 Å². The summed E-state index contributed by atoms with van der Waals surface area (Å²) >= 11 is 5.71. The second-order valence-electron chi connectivity index (χ2n) is 5.21. The van der Waals surface area contributed by atoms with E-state index in [2.05, 4.69) is 15.2 Å². The SMILES string of the molecule is O=C(Nc1ccc(F)c(Cl)c1)c1cncc(N2CCCC2)c1. The van der Waals surface area contributed by atoms with Gasteiger partial charge >= 0.3 is 0 Å². The summed E-state index contributed by atoms with van der Waals surface area (Å²) in [6.07, 6.45) is 5.59. The Morgan fingerprint density at radius 1 is 1.23 bits per heavy atom. The zero-order chi connectivity index (χ0) is 15.5. The van der Waals surface area contributed by atoms with Crippen molar-refractivity contribution >= 4 is 28.9 Å². The Hall–Kier alpha value is -2.14. The van der Waals surface area contributed by atoms with E-state index in [0.29, 0.717) is 11.3 Å². The standard InChI is InChI=1S/C16H15ClFN3O/c17-14-8-12(3-4-15(14)18)20-16(22)11-7-13(10-19-9-11)21-5-1-2-6-21/h3-4,7-10H,1-2,5-6H2,(H,20,22). The first-order valence-corrected chi connectivity index (χ1v) is 7.48. The third-order valence-corrected chi connectivity index (χ3v) is 3.92. The van der Waals surface area contributed by atoms with Crippen LogP contribution in [-0.2, 0) is 0 Å². The molecule has 3 rings (SSSR count). The Balaban J connectivity index is 1.76. The second kappa shape index (κ2) is 6.32. The molecule has 0 radical (unpaired) electrons. The number of carbonyl (C=O) groups excluding carboxylic acids is 1. The highest BCUT2D eigenvalue weighted by molar-refractivity contribution is 6.31. The molecule has 1 aliphatic rings. The van der Waals surface area contributed by atoms with Crippen LogP contribution < -0.4 is 10.2 Å². The van der Waals surface area contributed by atoms with E-state index in [0.717, 1.165) is 31.6 Å². The zero-order valence-corrected chi connectivity index (χ0v) is 12.6. The average molecular weight is 320 g/mol. The summed E-state index contributed by atoms with van der Waals surface area (Å²) in [7, 11) is 0. The Labute approximate surface area is 132 Å². The van der Waals surface area contributed by atoms with Gasteiger partial charge in [-0.25, -0.2) is 4.39 Å². The number of amides is 1. The van der Waals surface area contributed by atoms with Crippen molar-refractivity contribution in [3.05, 3.63) is 53.1 Å². The predicted molar refractivity (Wildman–Crippen MR) is 85.0 cm³/mol. The summed E-state index contributed by atoms with van der Waals surface area (Å²) in [6, 6.07) is 5.89. The average Bonchev–Trinajstić information content (AvgIpc) is 3.05. The van der Waals surface area contributed by atoms with Crippen LogP contribution in [0.25, 0.3) is 0 Å². The minimum atomic E-state index is -0.516. The van der Waals surface area contributed by atoms with Crippen LogP contribution >= 0.6 is 11.6 Å². The van der Waals surface area contributed by atoms with Gasteiger partial charge in [-0.3, -0.25) is 9.78 Å². The lowest BCUT2D eigenvalue weighted by Crippen LogP contribution is -2.19. The molecule has 0 unspecified atom stereocenters. The van der Waals surface area contributed by atoms with Crippen LogP contribution in [0.15, 0.2) is 36.7 Å². The van der Waals surface area contributed by atoms with E-state index in [1.165, 1.54) is 24.4 Å². The van der Waals surface area contributed by atoms with Gasteiger partial charge in [-0.2, -0.15) is 0 Å². The van der Waals surface area contributed by atoms with E-state index in [1.54, 1.807) is 6.20 Å². The van der Waals surface area contributed by atoms with E-state index in [4.69, 9.17) is 11.6 Å². The first kappa shape index (κ1) is 14.8. The lowest BCUT2D eigenvalue weighted by atomic mass is 10.2. The number of pyridine rings is 1. The topological polar surface area (TPSA) is 45.2 Å². The second-order valence-corrected chi connectivity index (χ2v) is 5.62. The van der Waals surface area contributed by atoms with Crippen molar-refractivity contribution in [2.24, 2.45) is 0 Å². The van der Waals surface area contributed by atoms with Gasteiger partial charge in [0.1, 0.15) is 5.82 Å². The molecular formula is C16H15ClFN3O. The quantitative estimate of drug-likeness (QED) is 0.937. The van der Waals surface area contributed by atoms with Gasteiger partial charge in [0.05, 0.1) is 22.5 Å². The summed E-state index contributed by atoms with van der Waals surface area (Å²) < 4.78 is 13.1. The molecule has 1 aromatic carbocycles. The largest absolute Gasteiger partial charge is 0.370 e. The number of nitrogens with zero attached hydrogens (tertiary/aromatic N) is 2. The highest BCUT2D eigenvalue weighted by Crippen LogP contribution is 2.22. The van der Waals surface area contributed by atoms with Crippen molar-refractivity contribution in [3.63, 3.8) is 0 Å². The molecule has 6 heteroatoms. The number of nitrogens with one attached hydrogen (secondary N) is 1. The molecule has 1 N–H and O–H groups in total. The molecule has 4 nitrogen and oxygen atoms in total. The number of aromatic nitrogens is 1. The van der Waals surface area contributed by atoms with Crippen LogP contribution in [0.4, 0.5) is 15.8 Å². The van der Waals surface area contributed by atoms with Crippen molar-refractivity contribution in [3.8, 4) is 0 Å². The van der Waals surface area contributed by atoms with Gasteiger partial charge in [-0.15, -0.1) is 0 Å². The van der Waals surface area contributed by atoms with Gasteiger partial charge in [0, 0.05) is 25.0 Å². The van der Waals surface area contributed by atoms with E-state index in [9.17, 15) is 9.18 Å². The number of hydrogen-bond donors (Lipinski definition) is 1. The number of anilines is 2. The van der Waals surface area contributed by atoms with Crippen LogP contribution in [0.2, 0.25) is 5.02 Å². The van der Waals surface area contributed by atoms with Crippen LogP contribution in [-0.4, -0.2) is 24.0 Å². The van der Waals surface area contributed by atoms with Crippen molar-refractivity contribution in [2.75, 3.05) is 23.3 Å². The number of hydrogen-bond acceptors (Lipinski definition) is 3. The molecule has 0 atom stereocenters. The lowest BCUT2D eigenvalue weighted by Gasteiger charge is -2.17. The molecule has 2 aromatic rings. The molecule has 22 heavy (non-hydrogen) atoms. The minimum absolute atomic E-state index is 0.0262. The third-order valence-electron chi connectivity index (χ3n) is 3.63. The maximum absolute atomic E-state index is 13.1. The first-order chi connectivity index (χ1) is 10.6. The smallest absolute Gasteiger partial charge is 0.257 e. The zero-order valence-electron chi connectivity index (χ0n) is 11.9. The van der Waals surface area contributed by atoms with Crippen molar-refractivity contribution in [2.45, 2.75) is 12.8 Å². The fraction of sp³-hybridized carbons (Fsp3) is 0.250. The van der Waals surface area contributed by atoms with Gasteiger partial charge in [0.25, 0.3) is 5.91 Å². The monoisotopic (exact) mass is 319 g/mol. The molecule has 1 aromatic heterocycles. The summed E-state index contributed by atoms with van der Waals surface area (Å²) in [5.74, 6) is -0.811. The van der Waals surface area contributed by atoms with Gasteiger partial charge in [-0.05, 0) is 37.1 Å². The number of rotatable bonds is 3. The Kier molecular flexibility index (Phi) is 4.24. The van der Waals surface area contributed by atoms with E-state index >= 15 is 0 Å². The minimum Gasteiger partial charge on any atom is -0.370 e. The van der Waals surface area contributed by atoms with Gasteiger partial charge in [0.2, 0.25) is 0 Å². The normalized spacial score (nSPS) is 14.2. The number of benzene rings is 1. The molecule has 0 spiro atoms. The van der Waals surface area contributed by atoms with Crippen LogP contribution in [0.1, 0.15) is 23.2 Å². The molecular weight excluding hydrogens is 305 g/mol. The maximum atomic E-state index is 13.1. The molecule has 1 fully saturated rings. The van der Waals surface area contributed by atoms with Crippen LogP contribution in [0.3, 0.4) is 0 Å². The van der Waals surface area contributed by atoms with Gasteiger partial charge in [0.15, 0.2) is 0 Å². The third kappa shape index (κ3) is 3.20. The summed E-state index contributed by atoms with van der Waals surface area (Å²) in [4.78, 5) is 18.6. The summed E-state index contributed by atoms with van der Waals surface area (Å²) in [5, 5.41) is 2.67. The fourth-order valence-corrected chi connectivity index (χ4v) is 2.66. The summed E-state index contributed by atoms with van der Waals surface area (Å²) in [6.45, 7) is 1.97. The van der Waals surface area contributed by atoms with Crippen LogP contribution in [0, 0.1) is 5.82 Å². The number of carbonyl (C=O) groups is 1. The molecule has 0 aliphatic carbocycles. The fourth-order valence-electron chi connectivity index (χ4n) is 2.48. The predicted octanol–water partition coefficient (Wildman–Crippen LogP) is 3.73. The molecule has 2 heterocycles. The Bertz CT molecular complexity index is 702. The number of halogens is 2.